The van der Waals surface area contributed by atoms with Crippen LogP contribution >= 0.6 is 0 Å². The number of pyridine rings is 1. The van der Waals surface area contributed by atoms with Crippen LogP contribution in [0.25, 0.3) is 11.1 Å². The van der Waals surface area contributed by atoms with Gasteiger partial charge in [-0.25, -0.2) is 4.39 Å². The highest BCUT2D eigenvalue weighted by Gasteiger charge is 2.51. The first-order valence-electron chi connectivity index (χ1n) is 10.2. The topological polar surface area (TPSA) is 83.4 Å². The maximum Gasteiger partial charge on any atom is 0.258 e. The van der Waals surface area contributed by atoms with E-state index >= 15 is 0 Å². The number of hydrogen-bond donors (Lipinski definition) is 3. The van der Waals surface area contributed by atoms with Gasteiger partial charge >= 0.3 is 0 Å². The molecule has 2 aliphatic heterocycles. The molecule has 152 valence electrons. The van der Waals surface area contributed by atoms with Crippen LogP contribution in [0.5, 0.6) is 0 Å². The molecule has 1 aromatic heterocycles. The van der Waals surface area contributed by atoms with Crippen LogP contribution < -0.4 is 16.2 Å². The van der Waals surface area contributed by atoms with E-state index < -0.39 is 5.92 Å². The predicted molar refractivity (Wildman–Crippen MR) is 106 cm³/mol. The number of carbonyl (C=O) groups excluding carboxylic acids is 1. The van der Waals surface area contributed by atoms with Crippen molar-refractivity contribution in [3.63, 3.8) is 0 Å². The summed E-state index contributed by atoms with van der Waals surface area (Å²) in [5.74, 6) is -1.04. The van der Waals surface area contributed by atoms with E-state index in [1.807, 2.05) is 6.07 Å². The number of aliphatic hydroxyl groups is 1. The molecule has 2 aromatic rings. The molecule has 4 atom stereocenters. The molecule has 1 saturated carbocycles. The fourth-order valence-corrected chi connectivity index (χ4v) is 4.95. The van der Waals surface area contributed by atoms with Gasteiger partial charge in [-0.3, -0.25) is 9.59 Å². The van der Waals surface area contributed by atoms with Crippen molar-refractivity contribution >= 4 is 5.91 Å². The van der Waals surface area contributed by atoms with Gasteiger partial charge in [0, 0.05) is 42.4 Å². The molecule has 1 saturated heterocycles. The Kier molecular flexibility index (Phi) is 4.52. The fraction of sp³-hybridized carbons (Fsp3) is 0.455. The predicted octanol–water partition coefficient (Wildman–Crippen LogP) is 1.57. The van der Waals surface area contributed by atoms with E-state index in [9.17, 15) is 19.1 Å². The van der Waals surface area contributed by atoms with Crippen molar-refractivity contribution in [3.05, 3.63) is 58.3 Å². The van der Waals surface area contributed by atoms with Crippen molar-refractivity contribution in [1.29, 1.82) is 0 Å². The third kappa shape index (κ3) is 3.00. The summed E-state index contributed by atoms with van der Waals surface area (Å²) in [4.78, 5) is 26.2. The Labute approximate surface area is 167 Å². The van der Waals surface area contributed by atoms with Gasteiger partial charge in [-0.1, -0.05) is 12.1 Å². The van der Waals surface area contributed by atoms with Gasteiger partial charge in [-0.15, -0.1) is 0 Å². The van der Waals surface area contributed by atoms with Crippen LogP contribution in [0.3, 0.4) is 0 Å². The van der Waals surface area contributed by atoms with Gasteiger partial charge in [-0.05, 0) is 49.1 Å². The van der Waals surface area contributed by atoms with Gasteiger partial charge in [0.15, 0.2) is 0 Å². The zero-order valence-corrected chi connectivity index (χ0v) is 16.0. The number of aromatic nitrogens is 1. The Balaban J connectivity index is 1.51. The molecule has 3 N–H and O–H groups in total. The molecule has 0 unspecified atom stereocenters. The standard InChI is InChI=1S/C22H24FN3O3/c23-13-6-4-12(5-7-13)15-8-9-18-20-19(21(28)24-14-2-1-3-14)16(11-27)17(25-20)10-26(18)22(15)29/h4-9,14,16-17,19-20,25,27H,1-3,10-11H2,(H,24,28)/t16-,17-,19+,20+/m0/s1. The average Bonchev–Trinajstić information content (AvgIpc) is 2.99. The van der Waals surface area contributed by atoms with E-state index in [-0.39, 0.29) is 47.9 Å². The van der Waals surface area contributed by atoms with Crippen LogP contribution in [0, 0.1) is 17.7 Å². The first-order chi connectivity index (χ1) is 14.1. The molecule has 3 heterocycles. The number of fused-ring (bicyclic) bond motifs is 4. The summed E-state index contributed by atoms with van der Waals surface area (Å²) in [5.41, 5.74) is 1.78. The summed E-state index contributed by atoms with van der Waals surface area (Å²) in [5, 5.41) is 16.6. The zero-order chi connectivity index (χ0) is 20.1. The summed E-state index contributed by atoms with van der Waals surface area (Å²) >= 11 is 0. The summed E-state index contributed by atoms with van der Waals surface area (Å²) in [6.45, 7) is 0.294. The number of amides is 1. The number of rotatable bonds is 4. The molecule has 1 aliphatic carbocycles. The van der Waals surface area contributed by atoms with Gasteiger partial charge in [0.05, 0.1) is 12.0 Å². The van der Waals surface area contributed by atoms with E-state index in [0.717, 1.165) is 25.0 Å². The first-order valence-corrected chi connectivity index (χ1v) is 10.2. The normalized spacial score (nSPS) is 27.9. The Hall–Kier alpha value is -2.51. The summed E-state index contributed by atoms with van der Waals surface area (Å²) in [6.07, 6.45) is 3.13. The fourth-order valence-electron chi connectivity index (χ4n) is 4.95. The van der Waals surface area contributed by atoms with Gasteiger partial charge in [0.25, 0.3) is 5.56 Å². The quantitative estimate of drug-likeness (QED) is 0.732. The second-order valence-corrected chi connectivity index (χ2v) is 8.35. The van der Waals surface area contributed by atoms with Crippen molar-refractivity contribution in [2.24, 2.45) is 11.8 Å². The molecule has 29 heavy (non-hydrogen) atoms. The van der Waals surface area contributed by atoms with Gasteiger partial charge in [0.1, 0.15) is 5.82 Å². The van der Waals surface area contributed by atoms with Crippen molar-refractivity contribution in [3.8, 4) is 11.1 Å². The molecule has 2 bridgehead atoms. The molecule has 7 heteroatoms. The number of carbonyl (C=O) groups is 1. The summed E-state index contributed by atoms with van der Waals surface area (Å²) in [6, 6.07) is 9.27. The van der Waals surface area contributed by atoms with Crippen LogP contribution in [0.4, 0.5) is 4.39 Å². The molecular formula is C22H24FN3O3. The minimum absolute atomic E-state index is 0.0442. The van der Waals surface area contributed by atoms with E-state index in [1.54, 1.807) is 22.8 Å². The maximum absolute atomic E-state index is 13.3. The van der Waals surface area contributed by atoms with Crippen LogP contribution in [0.15, 0.2) is 41.2 Å². The van der Waals surface area contributed by atoms with E-state index in [1.165, 1.54) is 12.1 Å². The second-order valence-electron chi connectivity index (χ2n) is 8.35. The van der Waals surface area contributed by atoms with Crippen LogP contribution in [-0.4, -0.2) is 34.3 Å². The number of hydrogen-bond acceptors (Lipinski definition) is 4. The molecule has 5 rings (SSSR count). The van der Waals surface area contributed by atoms with Gasteiger partial charge in [0.2, 0.25) is 5.91 Å². The Morgan fingerprint density at radius 1 is 1.21 bits per heavy atom. The Bertz CT molecular complexity index is 999. The summed E-state index contributed by atoms with van der Waals surface area (Å²) in [7, 11) is 0. The first kappa shape index (κ1) is 18.5. The molecule has 0 spiro atoms. The third-order valence-electron chi connectivity index (χ3n) is 6.76. The largest absolute Gasteiger partial charge is 0.396 e. The lowest BCUT2D eigenvalue weighted by Crippen LogP contribution is -2.45. The molecular weight excluding hydrogens is 373 g/mol. The van der Waals surface area contributed by atoms with Crippen LogP contribution in [0.1, 0.15) is 31.0 Å². The zero-order valence-electron chi connectivity index (χ0n) is 16.0. The lowest BCUT2D eigenvalue weighted by atomic mass is 9.85. The SMILES string of the molecule is O=C(NC1CCC1)[C@@H]1[C@@H](CO)[C@@H]2Cn3c(ccc(-c4ccc(F)cc4)c3=O)[C@H]1N2. The maximum atomic E-state index is 13.3. The van der Waals surface area contributed by atoms with Crippen molar-refractivity contribution in [2.45, 2.75) is 43.9 Å². The number of aliphatic hydroxyl groups excluding tert-OH is 1. The van der Waals surface area contributed by atoms with Crippen molar-refractivity contribution < 1.29 is 14.3 Å². The number of nitrogens with zero attached hydrogens (tertiary/aromatic N) is 1. The highest BCUT2D eigenvalue weighted by atomic mass is 19.1. The Morgan fingerprint density at radius 2 is 1.97 bits per heavy atom. The molecule has 2 fully saturated rings. The second kappa shape index (κ2) is 7.07. The number of benzene rings is 1. The van der Waals surface area contributed by atoms with Crippen molar-refractivity contribution in [2.75, 3.05) is 6.61 Å². The number of halogens is 1. The van der Waals surface area contributed by atoms with Crippen molar-refractivity contribution in [1.82, 2.24) is 15.2 Å². The highest BCUT2D eigenvalue weighted by molar-refractivity contribution is 5.81. The van der Waals surface area contributed by atoms with Crippen LogP contribution in [-0.2, 0) is 11.3 Å². The molecule has 6 nitrogen and oxygen atoms in total. The Morgan fingerprint density at radius 3 is 2.62 bits per heavy atom. The molecule has 1 amide bonds. The molecule has 3 aliphatic rings. The highest BCUT2D eigenvalue weighted by Crippen LogP contribution is 2.41. The molecule has 0 radical (unpaired) electrons. The third-order valence-corrected chi connectivity index (χ3v) is 6.76. The van der Waals surface area contributed by atoms with Gasteiger partial charge in [-0.2, -0.15) is 0 Å². The molecule has 1 aromatic carbocycles. The minimum Gasteiger partial charge on any atom is -0.396 e. The van der Waals surface area contributed by atoms with E-state index in [4.69, 9.17) is 0 Å². The average molecular weight is 397 g/mol. The minimum atomic E-state index is -0.407. The smallest absolute Gasteiger partial charge is 0.258 e. The number of nitrogens with one attached hydrogen (secondary N) is 2. The lowest BCUT2D eigenvalue weighted by molar-refractivity contribution is -0.128. The van der Waals surface area contributed by atoms with Crippen LogP contribution in [0.2, 0.25) is 0 Å². The monoisotopic (exact) mass is 397 g/mol. The summed E-state index contributed by atoms with van der Waals surface area (Å²) < 4.78 is 15.0. The lowest BCUT2D eigenvalue weighted by Gasteiger charge is -2.30. The van der Waals surface area contributed by atoms with Gasteiger partial charge < -0.3 is 20.3 Å². The van der Waals surface area contributed by atoms with E-state index in [2.05, 4.69) is 10.6 Å². The van der Waals surface area contributed by atoms with E-state index in [0.29, 0.717) is 17.7 Å².